The third-order valence-corrected chi connectivity index (χ3v) is 7.57. The maximum atomic E-state index is 13.6. The number of halogens is 2. The van der Waals surface area contributed by atoms with Crippen molar-refractivity contribution < 1.29 is 23.5 Å². The number of carbonyl (C=O) groups is 3. The lowest BCUT2D eigenvalue weighted by atomic mass is 9.93. The Morgan fingerprint density at radius 1 is 1.05 bits per heavy atom. The zero-order valence-electron chi connectivity index (χ0n) is 21.2. The van der Waals surface area contributed by atoms with Crippen molar-refractivity contribution in [1.29, 1.82) is 5.26 Å². The number of piperidine rings is 1. The average Bonchev–Trinajstić information content (AvgIpc) is 3.35. The highest BCUT2D eigenvalue weighted by molar-refractivity contribution is 6.30. The van der Waals surface area contributed by atoms with Crippen LogP contribution in [0.3, 0.4) is 0 Å². The molecule has 4 rings (SSSR count). The molecule has 2 aliphatic rings. The molecular weight excluding hydrogens is 511 g/mol. The minimum Gasteiger partial charge on any atom is -0.410 e. The van der Waals surface area contributed by atoms with Crippen LogP contribution < -0.4 is 4.74 Å². The van der Waals surface area contributed by atoms with E-state index < -0.39 is 11.9 Å². The Morgan fingerprint density at radius 2 is 1.71 bits per heavy atom. The molecule has 38 heavy (non-hydrogen) atoms. The van der Waals surface area contributed by atoms with E-state index in [1.165, 1.54) is 24.3 Å². The van der Waals surface area contributed by atoms with Crippen LogP contribution in [-0.2, 0) is 9.59 Å². The van der Waals surface area contributed by atoms with Gasteiger partial charge in [-0.15, -0.1) is 0 Å². The monoisotopic (exact) mass is 540 g/mol. The molecule has 200 valence electrons. The first-order chi connectivity index (χ1) is 18.3. The molecule has 0 radical (unpaired) electrons. The number of likely N-dealkylation sites (tertiary alicyclic amines) is 2. The van der Waals surface area contributed by atoms with Gasteiger partial charge in [-0.3, -0.25) is 9.59 Å². The summed E-state index contributed by atoms with van der Waals surface area (Å²) in [6.07, 6.45) is 0.345. The number of ether oxygens (including phenoxy) is 1. The third kappa shape index (κ3) is 6.25. The first kappa shape index (κ1) is 27.4. The van der Waals surface area contributed by atoms with E-state index in [4.69, 9.17) is 21.6 Å². The molecule has 2 fully saturated rings. The van der Waals surface area contributed by atoms with Crippen LogP contribution in [0.25, 0.3) is 0 Å². The first-order valence-corrected chi connectivity index (χ1v) is 13.1. The topological polar surface area (TPSA) is 93.9 Å². The van der Waals surface area contributed by atoms with E-state index in [0.717, 1.165) is 5.56 Å². The molecule has 10 heteroatoms. The second-order valence-electron chi connectivity index (χ2n) is 9.57. The largest absolute Gasteiger partial charge is 0.415 e. The van der Waals surface area contributed by atoms with Crippen molar-refractivity contribution in [3.63, 3.8) is 0 Å². The summed E-state index contributed by atoms with van der Waals surface area (Å²) >= 11 is 6.11. The van der Waals surface area contributed by atoms with Gasteiger partial charge in [-0.05, 0) is 61.7 Å². The summed E-state index contributed by atoms with van der Waals surface area (Å²) in [6.45, 7) is 3.87. The lowest BCUT2D eigenvalue weighted by Crippen LogP contribution is -2.47. The summed E-state index contributed by atoms with van der Waals surface area (Å²) in [5.41, 5.74) is 0.958. The van der Waals surface area contributed by atoms with Crippen LogP contribution in [0, 0.1) is 23.1 Å². The summed E-state index contributed by atoms with van der Waals surface area (Å²) in [6, 6.07) is 14.2. The number of nitrogens with zero attached hydrogens (tertiary/aromatic N) is 4. The maximum absolute atomic E-state index is 13.6. The van der Waals surface area contributed by atoms with E-state index in [2.05, 4.69) is 0 Å². The Labute approximate surface area is 226 Å². The van der Waals surface area contributed by atoms with Gasteiger partial charge in [0.2, 0.25) is 11.8 Å². The zero-order chi connectivity index (χ0) is 27.2. The van der Waals surface area contributed by atoms with Crippen molar-refractivity contribution in [3.05, 3.63) is 64.9 Å². The number of likely N-dealkylation sites (N-methyl/N-ethyl adjacent to an activating group) is 1. The summed E-state index contributed by atoms with van der Waals surface area (Å²) in [5, 5.41) is 9.38. The van der Waals surface area contributed by atoms with Crippen molar-refractivity contribution in [2.75, 3.05) is 32.7 Å². The SMILES string of the molecule is CCN(C(=O)Oc1ccc(F)cc1)C1CN(C(=O)C2CCN(C(=O)CC#N)CC2)CC1c1ccc(Cl)cc1. The summed E-state index contributed by atoms with van der Waals surface area (Å²) in [4.78, 5) is 43.9. The molecule has 2 aliphatic heterocycles. The Kier molecular flexibility index (Phi) is 8.85. The molecular formula is C28H30ClFN4O4. The molecule has 2 heterocycles. The number of hydrogen-bond acceptors (Lipinski definition) is 5. The molecule has 2 atom stereocenters. The van der Waals surface area contributed by atoms with Gasteiger partial charge in [0, 0.05) is 49.6 Å². The van der Waals surface area contributed by atoms with E-state index in [1.54, 1.807) is 26.8 Å². The van der Waals surface area contributed by atoms with Gasteiger partial charge in [0.1, 0.15) is 18.0 Å². The van der Waals surface area contributed by atoms with Gasteiger partial charge in [0.25, 0.3) is 0 Å². The van der Waals surface area contributed by atoms with Gasteiger partial charge >= 0.3 is 6.09 Å². The fraction of sp³-hybridized carbons (Fsp3) is 0.429. The summed E-state index contributed by atoms with van der Waals surface area (Å²) in [5.74, 6) is -0.782. The highest BCUT2D eigenvalue weighted by Crippen LogP contribution is 2.34. The second kappa shape index (κ2) is 12.3. The Bertz CT molecular complexity index is 1190. The van der Waals surface area contributed by atoms with Gasteiger partial charge in [-0.25, -0.2) is 9.18 Å². The van der Waals surface area contributed by atoms with Gasteiger partial charge in [0.15, 0.2) is 0 Å². The zero-order valence-corrected chi connectivity index (χ0v) is 21.9. The summed E-state index contributed by atoms with van der Waals surface area (Å²) in [7, 11) is 0. The van der Waals surface area contributed by atoms with E-state index in [0.29, 0.717) is 50.6 Å². The van der Waals surface area contributed by atoms with Crippen molar-refractivity contribution in [2.24, 2.45) is 5.92 Å². The van der Waals surface area contributed by atoms with Crippen LogP contribution in [0.2, 0.25) is 5.02 Å². The quantitative estimate of drug-likeness (QED) is 0.540. The second-order valence-corrected chi connectivity index (χ2v) is 10.0. The van der Waals surface area contributed by atoms with Crippen LogP contribution >= 0.6 is 11.6 Å². The molecule has 0 saturated carbocycles. The molecule has 8 nitrogen and oxygen atoms in total. The predicted octanol–water partition coefficient (Wildman–Crippen LogP) is 4.45. The molecule has 0 spiro atoms. The fourth-order valence-electron chi connectivity index (χ4n) is 5.29. The van der Waals surface area contributed by atoms with E-state index in [1.807, 2.05) is 25.1 Å². The lowest BCUT2D eigenvalue weighted by molar-refractivity contribution is -0.139. The molecule has 2 aromatic carbocycles. The molecule has 3 amide bonds. The average molecular weight is 541 g/mol. The normalized spacial score (nSPS) is 19.6. The number of carbonyl (C=O) groups excluding carboxylic acids is 3. The predicted molar refractivity (Wildman–Crippen MR) is 139 cm³/mol. The van der Waals surface area contributed by atoms with Crippen molar-refractivity contribution in [1.82, 2.24) is 14.7 Å². The minimum atomic E-state index is -0.568. The van der Waals surface area contributed by atoms with E-state index in [-0.39, 0.29) is 41.9 Å². The number of nitriles is 1. The summed E-state index contributed by atoms with van der Waals surface area (Å²) < 4.78 is 18.8. The number of benzene rings is 2. The first-order valence-electron chi connectivity index (χ1n) is 12.7. The van der Waals surface area contributed by atoms with E-state index in [9.17, 15) is 18.8 Å². The molecule has 0 bridgehead atoms. The van der Waals surface area contributed by atoms with Crippen LogP contribution in [-0.4, -0.2) is 71.4 Å². The highest BCUT2D eigenvalue weighted by Gasteiger charge is 2.43. The number of amides is 3. The van der Waals surface area contributed by atoms with Gasteiger partial charge in [-0.1, -0.05) is 23.7 Å². The van der Waals surface area contributed by atoms with Crippen LogP contribution in [0.5, 0.6) is 5.75 Å². The smallest absolute Gasteiger partial charge is 0.410 e. The Morgan fingerprint density at radius 3 is 2.32 bits per heavy atom. The fourth-order valence-corrected chi connectivity index (χ4v) is 5.42. The third-order valence-electron chi connectivity index (χ3n) is 7.32. The van der Waals surface area contributed by atoms with Crippen LogP contribution in [0.4, 0.5) is 9.18 Å². The maximum Gasteiger partial charge on any atom is 0.415 e. The molecule has 0 aliphatic carbocycles. The molecule has 0 aromatic heterocycles. The van der Waals surface area contributed by atoms with Gasteiger partial charge < -0.3 is 19.4 Å². The number of rotatable bonds is 6. The Balaban J connectivity index is 1.50. The van der Waals surface area contributed by atoms with Crippen molar-refractivity contribution in [2.45, 2.75) is 38.1 Å². The molecule has 2 aromatic rings. The Hall–Kier alpha value is -3.64. The van der Waals surface area contributed by atoms with Crippen molar-refractivity contribution >= 4 is 29.5 Å². The molecule has 0 N–H and O–H groups in total. The molecule has 2 unspecified atom stereocenters. The van der Waals surface area contributed by atoms with E-state index >= 15 is 0 Å². The van der Waals surface area contributed by atoms with Gasteiger partial charge in [0.05, 0.1) is 12.1 Å². The standard InChI is InChI=1S/C28H30ClFN4O4/c1-2-34(28(37)38-23-9-7-22(30)8-10-23)25-18-33(17-24(25)19-3-5-21(29)6-4-19)27(36)20-12-15-32(16-13-20)26(35)11-14-31/h3-10,20,24-25H,2,11-13,15-18H2,1H3. The minimum absolute atomic E-state index is 0.00167. The molecule has 2 saturated heterocycles. The lowest BCUT2D eigenvalue weighted by Gasteiger charge is -2.33. The van der Waals surface area contributed by atoms with Crippen LogP contribution in [0.1, 0.15) is 37.7 Å². The van der Waals surface area contributed by atoms with Gasteiger partial charge in [-0.2, -0.15) is 5.26 Å². The highest BCUT2D eigenvalue weighted by atomic mass is 35.5. The van der Waals surface area contributed by atoms with Crippen LogP contribution in [0.15, 0.2) is 48.5 Å². The number of hydrogen-bond donors (Lipinski definition) is 0. The van der Waals surface area contributed by atoms with Crippen molar-refractivity contribution in [3.8, 4) is 11.8 Å².